The Labute approximate surface area is 232 Å². The molecule has 4 heterocycles. The number of hydrazine groups is 1. The van der Waals surface area contributed by atoms with Gasteiger partial charge in [0.15, 0.2) is 5.13 Å². The van der Waals surface area contributed by atoms with E-state index in [0.717, 1.165) is 43.3 Å². The summed E-state index contributed by atoms with van der Waals surface area (Å²) < 4.78 is 5.59. The second-order valence-electron chi connectivity index (χ2n) is 11.1. The first kappa shape index (κ1) is 28.9. The monoisotopic (exact) mass is 561 g/mol. The van der Waals surface area contributed by atoms with Crippen molar-refractivity contribution in [3.8, 4) is 0 Å². The summed E-state index contributed by atoms with van der Waals surface area (Å²) in [6.45, 7) is 11.0. The molecule has 39 heavy (non-hydrogen) atoms. The minimum absolute atomic E-state index is 0.167. The lowest BCUT2D eigenvalue weighted by atomic mass is 9.94. The number of anilines is 4. The van der Waals surface area contributed by atoms with E-state index >= 15 is 0 Å². The third-order valence-corrected chi connectivity index (χ3v) is 7.79. The number of thiazole rings is 1. The van der Waals surface area contributed by atoms with E-state index in [-0.39, 0.29) is 16.8 Å². The fourth-order valence-corrected chi connectivity index (χ4v) is 5.54. The van der Waals surface area contributed by atoms with Crippen LogP contribution in [0.2, 0.25) is 0 Å². The summed E-state index contributed by atoms with van der Waals surface area (Å²) in [4.78, 5) is 42.4. The van der Waals surface area contributed by atoms with Crippen LogP contribution in [0.4, 0.5) is 22.7 Å². The number of aryl methyl sites for hydroxylation is 1. The second-order valence-corrected chi connectivity index (χ2v) is 12.1. The molecule has 0 bridgehead atoms. The minimum atomic E-state index is -1.02. The first-order chi connectivity index (χ1) is 18.3. The molecule has 0 saturated carbocycles. The Hall–Kier alpha value is -3.07. The number of piperidine rings is 1. The number of carbonyl (C=O) groups excluding carboxylic acids is 1. The van der Waals surface area contributed by atoms with Crippen molar-refractivity contribution < 1.29 is 19.4 Å². The molecule has 0 aliphatic carbocycles. The predicted molar refractivity (Wildman–Crippen MR) is 150 cm³/mol. The van der Waals surface area contributed by atoms with Gasteiger partial charge in [-0.05, 0) is 40.5 Å². The van der Waals surface area contributed by atoms with Crippen molar-refractivity contribution in [2.75, 3.05) is 61.9 Å². The lowest BCUT2D eigenvalue weighted by Gasteiger charge is -2.40. The summed E-state index contributed by atoms with van der Waals surface area (Å²) in [6, 6.07) is 1.93. The number of aromatic nitrogens is 3. The van der Waals surface area contributed by atoms with Crippen LogP contribution in [0.5, 0.6) is 0 Å². The summed E-state index contributed by atoms with van der Waals surface area (Å²) in [6.07, 6.45) is 0.615. The third kappa shape index (κ3) is 7.12. The van der Waals surface area contributed by atoms with Gasteiger partial charge in [-0.2, -0.15) is 9.97 Å². The van der Waals surface area contributed by atoms with Gasteiger partial charge in [0.25, 0.3) is 0 Å². The van der Waals surface area contributed by atoms with E-state index in [1.807, 2.05) is 45.8 Å². The number of nitrogens with one attached hydrogen (secondary N) is 1. The minimum Gasteiger partial charge on any atom is -0.477 e. The molecule has 4 N–H and O–H groups in total. The molecular weight excluding hydrogens is 522 g/mol. The summed E-state index contributed by atoms with van der Waals surface area (Å²) >= 11 is 1.04. The standard InChI is InChI=1S/C25H39N9O4S/c1-15-20(21(35)36)39-24(27-15)30-23-28-18(32-9-11-33(12-10-32)31(5)6)14-19(29-23)34-8-7-16(13-17(34)26)22(37)38-25(2,3)4/h14,16-17H,7-13,26H2,1-6H3,(H,35,36)(H,27,28,29,30). The summed E-state index contributed by atoms with van der Waals surface area (Å²) in [5.41, 5.74) is 6.46. The number of ether oxygens (including phenoxy) is 1. The topological polar surface area (TPSA) is 153 Å². The maximum Gasteiger partial charge on any atom is 0.347 e. The number of piperazine rings is 1. The molecule has 0 aromatic carbocycles. The van der Waals surface area contributed by atoms with Gasteiger partial charge in [0.2, 0.25) is 5.95 Å². The van der Waals surface area contributed by atoms with Gasteiger partial charge < -0.3 is 25.4 Å². The molecule has 14 heteroatoms. The highest BCUT2D eigenvalue weighted by molar-refractivity contribution is 7.17. The molecule has 2 atom stereocenters. The predicted octanol–water partition coefficient (Wildman–Crippen LogP) is 2.12. The molecule has 0 spiro atoms. The Kier molecular flexibility index (Phi) is 8.59. The highest BCUT2D eigenvalue weighted by Gasteiger charge is 2.34. The van der Waals surface area contributed by atoms with Gasteiger partial charge >= 0.3 is 11.9 Å². The van der Waals surface area contributed by atoms with Gasteiger partial charge in [-0.1, -0.05) is 11.3 Å². The highest BCUT2D eigenvalue weighted by Crippen LogP contribution is 2.31. The maximum absolute atomic E-state index is 12.7. The molecule has 2 unspecified atom stereocenters. The summed E-state index contributed by atoms with van der Waals surface area (Å²) in [5, 5.41) is 17.3. The van der Waals surface area contributed by atoms with Gasteiger partial charge in [-0.15, -0.1) is 0 Å². The largest absolute Gasteiger partial charge is 0.477 e. The van der Waals surface area contributed by atoms with Crippen LogP contribution in [0, 0.1) is 12.8 Å². The zero-order chi connectivity index (χ0) is 28.5. The summed E-state index contributed by atoms with van der Waals surface area (Å²) in [5.74, 6) is 0.168. The van der Waals surface area contributed by atoms with Crippen LogP contribution in [0.15, 0.2) is 6.07 Å². The van der Waals surface area contributed by atoms with E-state index in [4.69, 9.17) is 20.4 Å². The molecule has 2 aliphatic heterocycles. The second kappa shape index (κ2) is 11.6. The Morgan fingerprint density at radius 3 is 2.36 bits per heavy atom. The van der Waals surface area contributed by atoms with Crippen molar-refractivity contribution in [2.24, 2.45) is 11.7 Å². The van der Waals surface area contributed by atoms with Crippen molar-refractivity contribution in [3.05, 3.63) is 16.6 Å². The van der Waals surface area contributed by atoms with Crippen LogP contribution in [0.25, 0.3) is 0 Å². The van der Waals surface area contributed by atoms with Crippen LogP contribution in [-0.2, 0) is 9.53 Å². The average molecular weight is 562 g/mol. The molecular formula is C25H39N9O4S. The van der Waals surface area contributed by atoms with E-state index in [9.17, 15) is 14.7 Å². The Bertz CT molecular complexity index is 1190. The lowest BCUT2D eigenvalue weighted by molar-refractivity contribution is -0.161. The van der Waals surface area contributed by atoms with E-state index in [0.29, 0.717) is 42.0 Å². The molecule has 0 radical (unpaired) electrons. The van der Waals surface area contributed by atoms with Crippen LogP contribution < -0.4 is 20.9 Å². The van der Waals surface area contributed by atoms with Gasteiger partial charge in [0.1, 0.15) is 22.1 Å². The Balaban J connectivity index is 1.59. The fourth-order valence-electron chi connectivity index (χ4n) is 4.74. The smallest absolute Gasteiger partial charge is 0.347 e. The number of carboxylic acids is 1. The van der Waals surface area contributed by atoms with E-state index in [1.165, 1.54) is 0 Å². The quantitative estimate of drug-likeness (QED) is 0.423. The first-order valence-corrected chi connectivity index (χ1v) is 13.9. The average Bonchev–Trinajstić information content (AvgIpc) is 3.22. The van der Waals surface area contributed by atoms with Crippen LogP contribution >= 0.6 is 11.3 Å². The van der Waals surface area contributed by atoms with Crippen LogP contribution in [-0.4, -0.2) is 101 Å². The van der Waals surface area contributed by atoms with Crippen LogP contribution in [0.3, 0.4) is 0 Å². The number of carbonyl (C=O) groups is 2. The van der Waals surface area contributed by atoms with Crippen molar-refractivity contribution >= 4 is 46.0 Å². The van der Waals surface area contributed by atoms with Crippen molar-refractivity contribution in [1.82, 2.24) is 25.0 Å². The molecule has 214 valence electrons. The molecule has 4 rings (SSSR count). The molecule has 2 aromatic heterocycles. The van der Waals surface area contributed by atoms with Crippen molar-refractivity contribution in [2.45, 2.75) is 52.3 Å². The number of nitrogens with two attached hydrogens (primary N) is 1. The first-order valence-electron chi connectivity index (χ1n) is 13.1. The zero-order valence-electron chi connectivity index (χ0n) is 23.5. The molecule has 13 nitrogen and oxygen atoms in total. The molecule has 0 amide bonds. The maximum atomic E-state index is 12.7. The SMILES string of the molecule is Cc1nc(Nc2nc(N3CCN(N(C)C)CC3)cc(N3CCC(C(=O)OC(C)(C)C)CC3N)n2)sc1C(=O)O. The Morgan fingerprint density at radius 2 is 1.79 bits per heavy atom. The van der Waals surface area contributed by atoms with Crippen molar-refractivity contribution in [1.29, 1.82) is 0 Å². The normalized spacial score (nSPS) is 20.8. The molecule has 2 aromatic rings. The number of hydrogen-bond donors (Lipinski definition) is 3. The fraction of sp³-hybridized carbons (Fsp3) is 0.640. The van der Waals surface area contributed by atoms with Crippen LogP contribution in [0.1, 0.15) is 49.0 Å². The molecule has 2 saturated heterocycles. The van der Waals surface area contributed by atoms with Crippen molar-refractivity contribution in [3.63, 3.8) is 0 Å². The van der Waals surface area contributed by atoms with Gasteiger partial charge in [-0.25, -0.2) is 19.8 Å². The lowest BCUT2D eigenvalue weighted by Crippen LogP contribution is -2.52. The Morgan fingerprint density at radius 1 is 1.13 bits per heavy atom. The number of rotatable bonds is 7. The zero-order valence-corrected chi connectivity index (χ0v) is 24.3. The van der Waals surface area contributed by atoms with Gasteiger partial charge in [0.05, 0.1) is 17.8 Å². The van der Waals surface area contributed by atoms with Gasteiger partial charge in [0, 0.05) is 52.9 Å². The van der Waals surface area contributed by atoms with E-state index < -0.39 is 17.7 Å². The van der Waals surface area contributed by atoms with Gasteiger partial charge in [-0.3, -0.25) is 10.1 Å². The van der Waals surface area contributed by atoms with E-state index in [2.05, 4.69) is 25.2 Å². The number of aromatic carboxylic acids is 1. The number of carboxylic acid groups (broad SMARTS) is 1. The number of nitrogens with zero attached hydrogens (tertiary/aromatic N) is 7. The summed E-state index contributed by atoms with van der Waals surface area (Å²) in [7, 11) is 4.06. The molecule has 2 fully saturated rings. The molecule has 2 aliphatic rings. The highest BCUT2D eigenvalue weighted by atomic mass is 32.1. The third-order valence-electron chi connectivity index (χ3n) is 6.73. The number of esters is 1. The van der Waals surface area contributed by atoms with E-state index in [1.54, 1.807) is 6.92 Å². The number of hydrogen-bond acceptors (Lipinski definition) is 13.